The van der Waals surface area contributed by atoms with Crippen molar-refractivity contribution in [1.82, 2.24) is 9.97 Å². The summed E-state index contributed by atoms with van der Waals surface area (Å²) >= 11 is 0. The molecular weight excluding hydrogens is 230 g/mol. The lowest BCUT2D eigenvalue weighted by Crippen LogP contribution is -2.12. The Morgan fingerprint density at radius 3 is 2.89 bits per heavy atom. The van der Waals surface area contributed by atoms with E-state index in [9.17, 15) is 4.79 Å². The monoisotopic (exact) mass is 247 g/mol. The molecule has 1 aromatic rings. The van der Waals surface area contributed by atoms with Crippen LogP contribution in [0, 0.1) is 0 Å². The normalized spacial score (nSPS) is 15.0. The Morgan fingerprint density at radius 2 is 2.17 bits per heavy atom. The topological polar surface area (TPSA) is 75.1 Å². The van der Waals surface area contributed by atoms with E-state index in [-0.39, 0.29) is 5.69 Å². The number of rotatable bonds is 5. The molecule has 0 radical (unpaired) electrons. The summed E-state index contributed by atoms with van der Waals surface area (Å²) in [6.07, 6.45) is 11.0. The Balaban J connectivity index is 1.90. The van der Waals surface area contributed by atoms with Gasteiger partial charge >= 0.3 is 5.97 Å². The number of carbonyl (C=O) groups is 1. The van der Waals surface area contributed by atoms with Crippen molar-refractivity contribution in [3.8, 4) is 0 Å². The van der Waals surface area contributed by atoms with Gasteiger partial charge in [0.2, 0.25) is 0 Å². The standard InChI is InChI=1S/C13H17N3O2/c17-13(18)11-12(16-9-8-14-11)15-7-6-10-4-2-1-3-5-10/h4,8-9H,1-3,5-7H2,(H,15,16)(H,17,18). The molecule has 0 spiro atoms. The lowest BCUT2D eigenvalue weighted by atomic mass is 9.97. The van der Waals surface area contributed by atoms with E-state index in [1.807, 2.05) is 0 Å². The largest absolute Gasteiger partial charge is 0.476 e. The Bertz CT molecular complexity index is 457. The molecule has 0 atom stereocenters. The highest BCUT2D eigenvalue weighted by Gasteiger charge is 2.12. The molecule has 2 N–H and O–H groups in total. The molecule has 0 aliphatic heterocycles. The summed E-state index contributed by atoms with van der Waals surface area (Å²) in [5.41, 5.74) is 1.43. The quantitative estimate of drug-likeness (QED) is 0.782. The smallest absolute Gasteiger partial charge is 0.358 e. The second-order valence-corrected chi connectivity index (χ2v) is 4.34. The first-order valence-corrected chi connectivity index (χ1v) is 6.23. The SMILES string of the molecule is O=C(O)c1nccnc1NCCC1=CCCCC1. The summed E-state index contributed by atoms with van der Waals surface area (Å²) < 4.78 is 0. The summed E-state index contributed by atoms with van der Waals surface area (Å²) in [4.78, 5) is 18.7. The molecule has 0 saturated heterocycles. The number of hydrogen-bond donors (Lipinski definition) is 2. The van der Waals surface area contributed by atoms with Crippen molar-refractivity contribution >= 4 is 11.8 Å². The van der Waals surface area contributed by atoms with E-state index in [0.717, 1.165) is 12.8 Å². The lowest BCUT2D eigenvalue weighted by molar-refractivity contribution is 0.0691. The first-order chi connectivity index (χ1) is 8.77. The Kier molecular flexibility index (Phi) is 4.28. The maximum atomic E-state index is 10.9. The summed E-state index contributed by atoms with van der Waals surface area (Å²) in [6, 6.07) is 0. The van der Waals surface area contributed by atoms with Crippen LogP contribution >= 0.6 is 0 Å². The molecule has 0 bridgehead atoms. The molecule has 0 saturated carbocycles. The highest BCUT2D eigenvalue weighted by atomic mass is 16.4. The fourth-order valence-corrected chi connectivity index (χ4v) is 2.10. The molecule has 96 valence electrons. The van der Waals surface area contributed by atoms with E-state index in [0.29, 0.717) is 12.4 Å². The zero-order valence-electron chi connectivity index (χ0n) is 10.2. The fourth-order valence-electron chi connectivity index (χ4n) is 2.10. The van der Waals surface area contributed by atoms with Crippen molar-refractivity contribution < 1.29 is 9.90 Å². The molecule has 5 nitrogen and oxygen atoms in total. The van der Waals surface area contributed by atoms with Gasteiger partial charge in [0, 0.05) is 18.9 Å². The zero-order chi connectivity index (χ0) is 12.8. The van der Waals surface area contributed by atoms with Gasteiger partial charge < -0.3 is 10.4 Å². The van der Waals surface area contributed by atoms with Crippen LogP contribution < -0.4 is 5.32 Å². The molecular formula is C13H17N3O2. The van der Waals surface area contributed by atoms with E-state index in [1.54, 1.807) is 0 Å². The van der Waals surface area contributed by atoms with Gasteiger partial charge in [-0.05, 0) is 32.1 Å². The van der Waals surface area contributed by atoms with Crippen LogP contribution in [0.2, 0.25) is 0 Å². The van der Waals surface area contributed by atoms with Crippen molar-refractivity contribution in [2.45, 2.75) is 32.1 Å². The van der Waals surface area contributed by atoms with Crippen LogP contribution in [0.25, 0.3) is 0 Å². The number of allylic oxidation sites excluding steroid dienone is 1. The maximum absolute atomic E-state index is 10.9. The molecule has 0 aromatic carbocycles. The average molecular weight is 247 g/mol. The van der Waals surface area contributed by atoms with E-state index < -0.39 is 5.97 Å². The van der Waals surface area contributed by atoms with Gasteiger partial charge in [-0.1, -0.05) is 11.6 Å². The van der Waals surface area contributed by atoms with Gasteiger partial charge in [-0.3, -0.25) is 0 Å². The number of carboxylic acid groups (broad SMARTS) is 1. The van der Waals surface area contributed by atoms with Crippen LogP contribution in [0.15, 0.2) is 24.0 Å². The number of nitrogens with one attached hydrogen (secondary N) is 1. The number of aromatic nitrogens is 2. The van der Waals surface area contributed by atoms with Crippen molar-refractivity contribution in [2.24, 2.45) is 0 Å². The summed E-state index contributed by atoms with van der Waals surface area (Å²) in [5, 5.41) is 12.0. The Morgan fingerprint density at radius 1 is 1.33 bits per heavy atom. The predicted octanol–water partition coefficient (Wildman–Crippen LogP) is 2.48. The average Bonchev–Trinajstić information content (AvgIpc) is 2.40. The summed E-state index contributed by atoms with van der Waals surface area (Å²) in [5.74, 6) is -0.705. The van der Waals surface area contributed by atoms with Crippen LogP contribution in [0.1, 0.15) is 42.6 Å². The number of anilines is 1. The Hall–Kier alpha value is -1.91. The molecule has 1 aliphatic carbocycles. The van der Waals surface area contributed by atoms with Crippen molar-refractivity contribution in [3.63, 3.8) is 0 Å². The molecule has 0 amide bonds. The highest BCUT2D eigenvalue weighted by Crippen LogP contribution is 2.20. The first-order valence-electron chi connectivity index (χ1n) is 6.23. The third-order valence-corrected chi connectivity index (χ3v) is 3.02. The molecule has 1 aliphatic rings. The van der Waals surface area contributed by atoms with Crippen molar-refractivity contribution in [1.29, 1.82) is 0 Å². The zero-order valence-corrected chi connectivity index (χ0v) is 10.2. The van der Waals surface area contributed by atoms with Crippen LogP contribution in [0.3, 0.4) is 0 Å². The van der Waals surface area contributed by atoms with Gasteiger partial charge in [-0.2, -0.15) is 0 Å². The molecule has 0 fully saturated rings. The van der Waals surface area contributed by atoms with E-state index in [1.165, 1.54) is 37.2 Å². The van der Waals surface area contributed by atoms with Gasteiger partial charge in [0.05, 0.1) is 0 Å². The molecule has 5 heteroatoms. The van der Waals surface area contributed by atoms with Gasteiger partial charge in [0.25, 0.3) is 0 Å². The number of nitrogens with zero attached hydrogens (tertiary/aromatic N) is 2. The van der Waals surface area contributed by atoms with Gasteiger partial charge in [0.15, 0.2) is 11.5 Å². The van der Waals surface area contributed by atoms with E-state index in [2.05, 4.69) is 21.4 Å². The number of aromatic carboxylic acids is 1. The first kappa shape index (κ1) is 12.5. The Labute approximate surface area is 106 Å². The molecule has 1 aromatic heterocycles. The minimum Gasteiger partial charge on any atom is -0.476 e. The lowest BCUT2D eigenvalue weighted by Gasteiger charge is -2.13. The van der Waals surface area contributed by atoms with Gasteiger partial charge in [0.1, 0.15) is 0 Å². The second kappa shape index (κ2) is 6.14. The molecule has 2 rings (SSSR count). The van der Waals surface area contributed by atoms with Crippen LogP contribution in [-0.2, 0) is 0 Å². The molecule has 18 heavy (non-hydrogen) atoms. The third-order valence-electron chi connectivity index (χ3n) is 3.02. The van der Waals surface area contributed by atoms with Crippen molar-refractivity contribution in [3.05, 3.63) is 29.7 Å². The predicted molar refractivity (Wildman–Crippen MR) is 68.6 cm³/mol. The maximum Gasteiger partial charge on any atom is 0.358 e. The fraction of sp³-hybridized carbons (Fsp3) is 0.462. The minimum atomic E-state index is -1.05. The van der Waals surface area contributed by atoms with E-state index in [4.69, 9.17) is 5.11 Å². The second-order valence-electron chi connectivity index (χ2n) is 4.34. The number of carboxylic acids is 1. The number of hydrogen-bond acceptors (Lipinski definition) is 4. The minimum absolute atomic E-state index is 0.0184. The van der Waals surface area contributed by atoms with Gasteiger partial charge in [-0.15, -0.1) is 0 Å². The summed E-state index contributed by atoms with van der Waals surface area (Å²) in [6.45, 7) is 0.699. The van der Waals surface area contributed by atoms with Crippen LogP contribution in [-0.4, -0.2) is 27.6 Å². The third kappa shape index (κ3) is 3.29. The van der Waals surface area contributed by atoms with Crippen LogP contribution in [0.4, 0.5) is 5.82 Å². The molecule has 0 unspecified atom stereocenters. The van der Waals surface area contributed by atoms with Crippen LogP contribution in [0.5, 0.6) is 0 Å². The van der Waals surface area contributed by atoms with Gasteiger partial charge in [-0.25, -0.2) is 14.8 Å². The van der Waals surface area contributed by atoms with Crippen molar-refractivity contribution in [2.75, 3.05) is 11.9 Å². The summed E-state index contributed by atoms with van der Waals surface area (Å²) in [7, 11) is 0. The highest BCUT2D eigenvalue weighted by molar-refractivity contribution is 5.90. The molecule has 1 heterocycles. The van der Waals surface area contributed by atoms with E-state index >= 15 is 0 Å².